The van der Waals surface area contributed by atoms with Crippen molar-refractivity contribution in [1.29, 1.82) is 0 Å². The van der Waals surface area contributed by atoms with E-state index in [9.17, 15) is 9.50 Å². The van der Waals surface area contributed by atoms with Gasteiger partial charge >= 0.3 is 0 Å². The van der Waals surface area contributed by atoms with Crippen LogP contribution in [0.4, 0.5) is 4.39 Å². The standard InChI is InChI=1S/C18H17ClFN3O3/c1-25-10-18(24,9-23-12-21-11-22-23)16-7-6-15(8-17(16)19)26-14-4-2-13(20)3-5-14/h2-8,11-12,24H,9-10H2,1H3/t18-/m1/s1. The first-order chi connectivity index (χ1) is 12.5. The highest BCUT2D eigenvalue weighted by atomic mass is 35.5. The van der Waals surface area contributed by atoms with Gasteiger partial charge in [0, 0.05) is 12.7 Å². The first-order valence-corrected chi connectivity index (χ1v) is 8.15. The van der Waals surface area contributed by atoms with E-state index in [4.69, 9.17) is 21.1 Å². The van der Waals surface area contributed by atoms with Crippen LogP contribution in [0.2, 0.25) is 5.02 Å². The minimum absolute atomic E-state index is 0.0186. The number of ether oxygens (including phenoxy) is 2. The summed E-state index contributed by atoms with van der Waals surface area (Å²) in [5.74, 6) is 0.597. The van der Waals surface area contributed by atoms with Gasteiger partial charge in [0.05, 0.1) is 18.2 Å². The molecule has 1 N–H and O–H groups in total. The second-order valence-electron chi connectivity index (χ2n) is 5.76. The van der Waals surface area contributed by atoms with E-state index in [2.05, 4.69) is 10.1 Å². The summed E-state index contributed by atoms with van der Waals surface area (Å²) < 4.78 is 25.3. The Morgan fingerprint density at radius 2 is 1.92 bits per heavy atom. The summed E-state index contributed by atoms with van der Waals surface area (Å²) in [5, 5.41) is 15.4. The summed E-state index contributed by atoms with van der Waals surface area (Å²) in [6.45, 7) is 0.142. The smallest absolute Gasteiger partial charge is 0.137 e. The average Bonchev–Trinajstić information content (AvgIpc) is 3.10. The Bertz CT molecular complexity index is 859. The fourth-order valence-corrected chi connectivity index (χ4v) is 2.95. The molecule has 3 aromatic rings. The maximum absolute atomic E-state index is 13.0. The molecule has 0 aliphatic rings. The van der Waals surface area contributed by atoms with E-state index in [1.54, 1.807) is 18.2 Å². The van der Waals surface area contributed by atoms with Crippen LogP contribution in [0.15, 0.2) is 55.1 Å². The van der Waals surface area contributed by atoms with Crippen LogP contribution >= 0.6 is 11.6 Å². The molecule has 8 heteroatoms. The summed E-state index contributed by atoms with van der Waals surface area (Å²) in [7, 11) is 1.49. The highest BCUT2D eigenvalue weighted by Crippen LogP contribution is 2.34. The van der Waals surface area contributed by atoms with Crippen LogP contribution in [-0.2, 0) is 16.9 Å². The van der Waals surface area contributed by atoms with E-state index in [0.717, 1.165) is 0 Å². The van der Waals surface area contributed by atoms with E-state index in [1.165, 1.54) is 48.7 Å². The molecule has 0 bridgehead atoms. The summed E-state index contributed by atoms with van der Waals surface area (Å²) >= 11 is 6.38. The maximum Gasteiger partial charge on any atom is 0.137 e. The molecule has 136 valence electrons. The third-order valence-electron chi connectivity index (χ3n) is 3.76. The zero-order chi connectivity index (χ0) is 18.6. The number of aliphatic hydroxyl groups is 1. The van der Waals surface area contributed by atoms with E-state index in [0.29, 0.717) is 22.1 Å². The number of rotatable bonds is 7. The lowest BCUT2D eigenvalue weighted by Gasteiger charge is -2.28. The molecular weight excluding hydrogens is 361 g/mol. The van der Waals surface area contributed by atoms with Crippen molar-refractivity contribution in [1.82, 2.24) is 14.8 Å². The number of hydrogen-bond acceptors (Lipinski definition) is 5. The van der Waals surface area contributed by atoms with Crippen molar-refractivity contribution in [3.05, 3.63) is 71.5 Å². The minimum Gasteiger partial charge on any atom is -0.457 e. The van der Waals surface area contributed by atoms with Crippen molar-refractivity contribution < 1.29 is 19.0 Å². The van der Waals surface area contributed by atoms with Crippen LogP contribution in [0.1, 0.15) is 5.56 Å². The molecule has 0 radical (unpaired) electrons. The first-order valence-electron chi connectivity index (χ1n) is 7.77. The second kappa shape index (κ2) is 7.82. The van der Waals surface area contributed by atoms with Crippen LogP contribution in [0.5, 0.6) is 11.5 Å². The van der Waals surface area contributed by atoms with Gasteiger partial charge < -0.3 is 14.6 Å². The van der Waals surface area contributed by atoms with Crippen molar-refractivity contribution in [3.8, 4) is 11.5 Å². The second-order valence-corrected chi connectivity index (χ2v) is 6.16. The van der Waals surface area contributed by atoms with Crippen molar-refractivity contribution in [2.75, 3.05) is 13.7 Å². The predicted octanol–water partition coefficient (Wildman–Crippen LogP) is 3.40. The normalized spacial score (nSPS) is 13.4. The average molecular weight is 378 g/mol. The lowest BCUT2D eigenvalue weighted by Crippen LogP contribution is -2.36. The Kier molecular flexibility index (Phi) is 5.51. The Morgan fingerprint density at radius 1 is 1.19 bits per heavy atom. The highest BCUT2D eigenvalue weighted by Gasteiger charge is 2.33. The molecule has 1 heterocycles. The lowest BCUT2D eigenvalue weighted by atomic mass is 9.94. The Morgan fingerprint density at radius 3 is 2.54 bits per heavy atom. The SMILES string of the molecule is COC[C@](O)(Cn1cncn1)c1ccc(Oc2ccc(F)cc2)cc1Cl. The quantitative estimate of drug-likeness (QED) is 0.683. The van der Waals surface area contributed by atoms with Crippen LogP contribution in [0.25, 0.3) is 0 Å². The Hall–Kier alpha value is -2.48. The van der Waals surface area contributed by atoms with Crippen molar-refractivity contribution in [3.63, 3.8) is 0 Å². The number of hydrogen-bond donors (Lipinski definition) is 1. The molecule has 0 aliphatic carbocycles. The van der Waals surface area contributed by atoms with Crippen LogP contribution in [0, 0.1) is 5.82 Å². The molecule has 0 spiro atoms. The van der Waals surface area contributed by atoms with Gasteiger partial charge in [-0.3, -0.25) is 0 Å². The summed E-state index contributed by atoms with van der Waals surface area (Å²) in [4.78, 5) is 3.87. The van der Waals surface area contributed by atoms with Gasteiger partial charge in [0.15, 0.2) is 0 Å². The zero-order valence-corrected chi connectivity index (χ0v) is 14.7. The maximum atomic E-state index is 13.0. The van der Waals surface area contributed by atoms with Gasteiger partial charge in [-0.05, 0) is 36.4 Å². The number of methoxy groups -OCH3 is 1. The summed E-state index contributed by atoms with van der Waals surface area (Å²) in [6.07, 6.45) is 2.88. The van der Waals surface area contributed by atoms with Crippen LogP contribution in [-0.4, -0.2) is 33.6 Å². The molecule has 1 atom stereocenters. The molecule has 6 nitrogen and oxygen atoms in total. The zero-order valence-electron chi connectivity index (χ0n) is 14.0. The molecular formula is C18H17ClFN3O3. The highest BCUT2D eigenvalue weighted by molar-refractivity contribution is 6.31. The number of nitrogens with zero attached hydrogens (tertiary/aromatic N) is 3. The fraction of sp³-hybridized carbons (Fsp3) is 0.222. The number of aromatic nitrogens is 3. The van der Waals surface area contributed by atoms with Crippen LogP contribution < -0.4 is 4.74 Å². The minimum atomic E-state index is -1.39. The third kappa shape index (κ3) is 4.19. The van der Waals surface area contributed by atoms with E-state index in [-0.39, 0.29) is 19.0 Å². The molecule has 3 rings (SSSR count). The van der Waals surface area contributed by atoms with Gasteiger partial charge in [0.25, 0.3) is 0 Å². The molecule has 0 unspecified atom stereocenters. The molecule has 0 fully saturated rings. The number of benzene rings is 2. The fourth-order valence-electron chi connectivity index (χ4n) is 2.61. The molecule has 0 saturated heterocycles. The largest absolute Gasteiger partial charge is 0.457 e. The Balaban J connectivity index is 1.85. The predicted molar refractivity (Wildman–Crippen MR) is 93.7 cm³/mol. The summed E-state index contributed by atoms with van der Waals surface area (Å²) in [5.41, 5.74) is -0.920. The van der Waals surface area contributed by atoms with E-state index < -0.39 is 5.60 Å². The topological polar surface area (TPSA) is 69.4 Å². The van der Waals surface area contributed by atoms with Gasteiger partial charge in [-0.15, -0.1) is 0 Å². The molecule has 0 amide bonds. The molecule has 26 heavy (non-hydrogen) atoms. The van der Waals surface area contributed by atoms with Crippen LogP contribution in [0.3, 0.4) is 0 Å². The lowest BCUT2D eigenvalue weighted by molar-refractivity contribution is -0.0505. The van der Waals surface area contributed by atoms with Gasteiger partial charge in [0.2, 0.25) is 0 Å². The van der Waals surface area contributed by atoms with Gasteiger partial charge in [0.1, 0.15) is 35.6 Å². The van der Waals surface area contributed by atoms with Crippen molar-refractivity contribution >= 4 is 11.6 Å². The van der Waals surface area contributed by atoms with Crippen molar-refractivity contribution in [2.24, 2.45) is 0 Å². The van der Waals surface area contributed by atoms with Gasteiger partial charge in [-0.2, -0.15) is 5.10 Å². The van der Waals surface area contributed by atoms with Gasteiger partial charge in [-0.25, -0.2) is 14.1 Å². The van der Waals surface area contributed by atoms with E-state index in [1.807, 2.05) is 0 Å². The molecule has 2 aromatic carbocycles. The molecule has 1 aromatic heterocycles. The first kappa shape index (κ1) is 18.3. The Labute approximate surface area is 154 Å². The van der Waals surface area contributed by atoms with E-state index >= 15 is 0 Å². The van der Waals surface area contributed by atoms with Crippen molar-refractivity contribution in [2.45, 2.75) is 12.1 Å². The van der Waals surface area contributed by atoms with Gasteiger partial charge in [-0.1, -0.05) is 17.7 Å². The molecule has 0 saturated carbocycles. The third-order valence-corrected chi connectivity index (χ3v) is 4.08. The summed E-state index contributed by atoms with van der Waals surface area (Å²) in [6, 6.07) is 10.6. The monoisotopic (exact) mass is 377 g/mol. The number of halogens is 2. The molecule has 0 aliphatic heterocycles.